The summed E-state index contributed by atoms with van der Waals surface area (Å²) in [5.74, 6) is 0. The molecule has 1 heterocycles. The number of para-hydroxylation sites is 1. The summed E-state index contributed by atoms with van der Waals surface area (Å²) in [6.07, 6.45) is 4.54. The van der Waals surface area contributed by atoms with Gasteiger partial charge in [-0.15, -0.1) is 0 Å². The highest BCUT2D eigenvalue weighted by Crippen LogP contribution is 2.15. The molecule has 0 radical (unpaired) electrons. The molecule has 0 fully saturated rings. The number of hydrogen-bond acceptors (Lipinski definition) is 4. The first-order valence-electron chi connectivity index (χ1n) is 6.91. The lowest BCUT2D eigenvalue weighted by Gasteiger charge is -2.20. The minimum absolute atomic E-state index is 0.0500. The summed E-state index contributed by atoms with van der Waals surface area (Å²) in [5.41, 5.74) is 7.92. The van der Waals surface area contributed by atoms with Gasteiger partial charge in [-0.3, -0.25) is 0 Å². The molecule has 5 heteroatoms. The van der Waals surface area contributed by atoms with Crippen molar-refractivity contribution in [2.24, 2.45) is 5.73 Å². The van der Waals surface area contributed by atoms with Gasteiger partial charge in [0.1, 0.15) is 0 Å². The molecule has 0 saturated carbocycles. The Labute approximate surface area is 119 Å². The van der Waals surface area contributed by atoms with Crippen LogP contribution in [0.5, 0.6) is 0 Å². The molecular formula is C15H22N4O. The van der Waals surface area contributed by atoms with Crippen molar-refractivity contribution in [2.45, 2.75) is 25.4 Å². The summed E-state index contributed by atoms with van der Waals surface area (Å²) < 4.78 is 1.84. The smallest absolute Gasteiger partial charge is 0.0645 e. The number of rotatable bonds is 7. The highest BCUT2D eigenvalue weighted by Gasteiger charge is 2.14. The normalized spacial score (nSPS) is 14.2. The van der Waals surface area contributed by atoms with Crippen molar-refractivity contribution < 1.29 is 5.11 Å². The number of hydrogen-bond donors (Lipinski definition) is 3. The van der Waals surface area contributed by atoms with Gasteiger partial charge in [0.25, 0.3) is 0 Å². The van der Waals surface area contributed by atoms with Gasteiger partial charge in [-0.05, 0) is 25.5 Å². The van der Waals surface area contributed by atoms with Gasteiger partial charge in [-0.1, -0.05) is 18.2 Å². The monoisotopic (exact) mass is 274 g/mol. The summed E-state index contributed by atoms with van der Waals surface area (Å²) in [5, 5.41) is 16.7. The topological polar surface area (TPSA) is 76.1 Å². The van der Waals surface area contributed by atoms with Crippen LogP contribution in [0.2, 0.25) is 0 Å². The first-order valence-corrected chi connectivity index (χ1v) is 6.91. The molecule has 2 unspecified atom stereocenters. The van der Waals surface area contributed by atoms with Crippen molar-refractivity contribution in [2.75, 3.05) is 13.2 Å². The Hall–Kier alpha value is -1.69. The van der Waals surface area contributed by atoms with Crippen LogP contribution in [-0.2, 0) is 0 Å². The number of nitrogens with one attached hydrogen (secondary N) is 1. The minimum Gasteiger partial charge on any atom is -0.396 e. The van der Waals surface area contributed by atoms with E-state index in [0.717, 1.165) is 11.3 Å². The summed E-state index contributed by atoms with van der Waals surface area (Å²) in [6, 6.07) is 10.2. The van der Waals surface area contributed by atoms with E-state index in [1.165, 1.54) is 0 Å². The second kappa shape index (κ2) is 7.19. The molecule has 0 amide bonds. The summed E-state index contributed by atoms with van der Waals surface area (Å²) in [6.45, 7) is 2.71. The highest BCUT2D eigenvalue weighted by molar-refractivity contribution is 5.31. The summed E-state index contributed by atoms with van der Waals surface area (Å²) >= 11 is 0. The third kappa shape index (κ3) is 3.66. The number of nitrogens with zero attached hydrogens (tertiary/aromatic N) is 2. The quantitative estimate of drug-likeness (QED) is 0.710. The molecule has 0 bridgehead atoms. The lowest BCUT2D eigenvalue weighted by molar-refractivity contribution is 0.263. The van der Waals surface area contributed by atoms with Crippen molar-refractivity contribution >= 4 is 0 Å². The first kappa shape index (κ1) is 14.7. The second-order valence-corrected chi connectivity index (χ2v) is 4.92. The zero-order valence-corrected chi connectivity index (χ0v) is 11.7. The van der Waals surface area contributed by atoms with E-state index in [1.54, 1.807) is 0 Å². The molecule has 2 atom stereocenters. The lowest BCUT2D eigenvalue weighted by Crippen LogP contribution is -2.35. The summed E-state index contributed by atoms with van der Waals surface area (Å²) in [7, 11) is 0. The Morgan fingerprint density at radius 1 is 1.35 bits per heavy atom. The Kier molecular flexibility index (Phi) is 5.29. The number of nitrogens with two attached hydrogens (primary N) is 1. The number of aliphatic hydroxyl groups is 1. The van der Waals surface area contributed by atoms with Gasteiger partial charge >= 0.3 is 0 Å². The number of aromatic nitrogens is 2. The fourth-order valence-corrected chi connectivity index (χ4v) is 2.16. The van der Waals surface area contributed by atoms with Crippen LogP contribution in [-0.4, -0.2) is 34.1 Å². The maximum atomic E-state index is 8.96. The van der Waals surface area contributed by atoms with Gasteiger partial charge in [0, 0.05) is 37.0 Å². The van der Waals surface area contributed by atoms with Crippen molar-refractivity contribution in [3.05, 3.63) is 48.3 Å². The SMILES string of the molecule is CC(CCO)NC(CN)c1cnn(-c2ccccc2)c1. The van der Waals surface area contributed by atoms with E-state index in [1.807, 2.05) is 54.3 Å². The molecule has 0 saturated heterocycles. The molecule has 20 heavy (non-hydrogen) atoms. The van der Waals surface area contributed by atoms with Gasteiger partial charge in [0.05, 0.1) is 11.9 Å². The largest absolute Gasteiger partial charge is 0.396 e. The molecule has 0 aliphatic rings. The fraction of sp³-hybridized carbons (Fsp3) is 0.400. The fourth-order valence-electron chi connectivity index (χ4n) is 2.16. The van der Waals surface area contributed by atoms with Crippen molar-refractivity contribution in [3.8, 4) is 5.69 Å². The van der Waals surface area contributed by atoms with E-state index >= 15 is 0 Å². The van der Waals surface area contributed by atoms with Crippen LogP contribution in [0.15, 0.2) is 42.7 Å². The molecule has 108 valence electrons. The molecule has 2 aromatic rings. The van der Waals surface area contributed by atoms with Gasteiger partial charge in [-0.25, -0.2) is 4.68 Å². The molecule has 5 nitrogen and oxygen atoms in total. The highest BCUT2D eigenvalue weighted by atomic mass is 16.3. The zero-order chi connectivity index (χ0) is 14.4. The van der Waals surface area contributed by atoms with Crippen molar-refractivity contribution in [1.82, 2.24) is 15.1 Å². The lowest BCUT2D eigenvalue weighted by atomic mass is 10.1. The molecule has 1 aromatic carbocycles. The van der Waals surface area contributed by atoms with Crippen molar-refractivity contribution in [3.63, 3.8) is 0 Å². The third-order valence-corrected chi connectivity index (χ3v) is 3.31. The van der Waals surface area contributed by atoms with E-state index in [9.17, 15) is 0 Å². The van der Waals surface area contributed by atoms with E-state index in [2.05, 4.69) is 10.4 Å². The molecule has 0 aliphatic heterocycles. The van der Waals surface area contributed by atoms with E-state index in [4.69, 9.17) is 10.8 Å². The van der Waals surface area contributed by atoms with Crippen LogP contribution in [0.25, 0.3) is 5.69 Å². The van der Waals surface area contributed by atoms with Crippen LogP contribution < -0.4 is 11.1 Å². The predicted molar refractivity (Wildman–Crippen MR) is 79.7 cm³/mol. The average Bonchev–Trinajstić information content (AvgIpc) is 2.95. The predicted octanol–water partition coefficient (Wildman–Crippen LogP) is 1.23. The molecule has 2 rings (SSSR count). The number of aliphatic hydroxyl groups excluding tert-OH is 1. The molecule has 0 aliphatic carbocycles. The minimum atomic E-state index is 0.0500. The second-order valence-electron chi connectivity index (χ2n) is 4.92. The van der Waals surface area contributed by atoms with Crippen molar-refractivity contribution in [1.29, 1.82) is 0 Å². The van der Waals surface area contributed by atoms with Gasteiger partial charge in [0.2, 0.25) is 0 Å². The van der Waals surface area contributed by atoms with Crippen LogP contribution in [0.1, 0.15) is 24.9 Å². The standard InChI is InChI=1S/C15H22N4O/c1-12(7-8-20)18-15(9-16)13-10-17-19(11-13)14-5-3-2-4-6-14/h2-6,10-12,15,18,20H,7-9,16H2,1H3. The average molecular weight is 274 g/mol. The van der Waals surface area contributed by atoms with E-state index < -0.39 is 0 Å². The Balaban J connectivity index is 2.10. The van der Waals surface area contributed by atoms with Crippen LogP contribution in [0, 0.1) is 0 Å². The summed E-state index contributed by atoms with van der Waals surface area (Å²) in [4.78, 5) is 0. The molecule has 4 N–H and O–H groups in total. The Morgan fingerprint density at radius 3 is 2.75 bits per heavy atom. The number of benzene rings is 1. The maximum absolute atomic E-state index is 8.96. The maximum Gasteiger partial charge on any atom is 0.0645 e. The first-order chi connectivity index (χ1) is 9.74. The van der Waals surface area contributed by atoms with Gasteiger partial charge in [0.15, 0.2) is 0 Å². The third-order valence-electron chi connectivity index (χ3n) is 3.31. The zero-order valence-electron chi connectivity index (χ0n) is 11.7. The Morgan fingerprint density at radius 2 is 2.10 bits per heavy atom. The Bertz CT molecular complexity index is 512. The van der Waals surface area contributed by atoms with Crippen LogP contribution in [0.3, 0.4) is 0 Å². The molecule has 0 spiro atoms. The van der Waals surface area contributed by atoms with Crippen LogP contribution >= 0.6 is 0 Å². The van der Waals surface area contributed by atoms with E-state index in [-0.39, 0.29) is 18.7 Å². The molecule has 1 aromatic heterocycles. The van der Waals surface area contributed by atoms with Gasteiger partial charge in [-0.2, -0.15) is 5.10 Å². The van der Waals surface area contributed by atoms with E-state index in [0.29, 0.717) is 13.0 Å². The molecular weight excluding hydrogens is 252 g/mol. The van der Waals surface area contributed by atoms with Gasteiger partial charge < -0.3 is 16.2 Å². The van der Waals surface area contributed by atoms with Crippen LogP contribution in [0.4, 0.5) is 0 Å².